The lowest BCUT2D eigenvalue weighted by Crippen LogP contribution is -2.29. The molecule has 0 amide bonds. The number of rotatable bonds is 5. The molecule has 1 aliphatic rings. The zero-order valence-electron chi connectivity index (χ0n) is 22.2. The molecule has 0 aliphatic heterocycles. The average Bonchev–Trinajstić information content (AvgIpc) is 2.78. The van der Waals surface area contributed by atoms with Crippen LogP contribution in [0.1, 0.15) is 85.9 Å². The van der Waals surface area contributed by atoms with Gasteiger partial charge in [0.05, 0.1) is 35.7 Å². The van der Waals surface area contributed by atoms with Crippen molar-refractivity contribution in [1.29, 1.82) is 0 Å². The molecule has 0 spiro atoms. The summed E-state index contributed by atoms with van der Waals surface area (Å²) in [5, 5.41) is 0. The highest BCUT2D eigenvalue weighted by Crippen LogP contribution is 2.44. The number of hydrogen-bond acceptors (Lipinski definition) is 8. The van der Waals surface area contributed by atoms with Gasteiger partial charge in [-0.25, -0.2) is 0 Å². The van der Waals surface area contributed by atoms with E-state index in [9.17, 15) is 19.2 Å². The lowest BCUT2D eigenvalue weighted by molar-refractivity contribution is -0.143. The Morgan fingerprint density at radius 2 is 1.31 bits per heavy atom. The third kappa shape index (κ3) is 4.85. The predicted octanol–water partition coefficient (Wildman–Crippen LogP) is 5.08. The van der Waals surface area contributed by atoms with Crippen LogP contribution in [0.3, 0.4) is 0 Å². The van der Waals surface area contributed by atoms with Crippen LogP contribution in [0.25, 0.3) is 0 Å². The Kier molecular flexibility index (Phi) is 7.03. The van der Waals surface area contributed by atoms with Gasteiger partial charge < -0.3 is 18.9 Å². The maximum absolute atomic E-state index is 13.9. The van der Waals surface area contributed by atoms with Crippen LogP contribution < -0.4 is 18.9 Å². The molecule has 0 heterocycles. The molecule has 0 unspecified atom stereocenters. The van der Waals surface area contributed by atoms with Crippen LogP contribution in [-0.2, 0) is 9.59 Å². The van der Waals surface area contributed by atoms with Crippen LogP contribution >= 0.6 is 0 Å². The summed E-state index contributed by atoms with van der Waals surface area (Å²) in [4.78, 5) is 52.9. The summed E-state index contributed by atoms with van der Waals surface area (Å²) in [5.41, 5.74) is -1.22. The minimum Gasteiger partial charge on any atom is -0.497 e. The highest BCUT2D eigenvalue weighted by molar-refractivity contribution is 6.30. The molecule has 2 aromatic carbocycles. The number of ketones is 2. The van der Waals surface area contributed by atoms with Crippen LogP contribution in [0.5, 0.6) is 23.0 Å². The first-order valence-corrected chi connectivity index (χ1v) is 11.7. The number of benzene rings is 2. The van der Waals surface area contributed by atoms with Gasteiger partial charge in [-0.15, -0.1) is 0 Å². The van der Waals surface area contributed by atoms with Crippen molar-refractivity contribution in [3.8, 4) is 23.0 Å². The van der Waals surface area contributed by atoms with E-state index in [2.05, 4.69) is 0 Å². The fourth-order valence-electron chi connectivity index (χ4n) is 3.55. The zero-order chi connectivity index (χ0) is 27.2. The van der Waals surface area contributed by atoms with E-state index in [1.54, 1.807) is 55.4 Å². The molecule has 0 saturated heterocycles. The van der Waals surface area contributed by atoms with Crippen molar-refractivity contribution in [2.24, 2.45) is 10.8 Å². The Labute approximate surface area is 210 Å². The summed E-state index contributed by atoms with van der Waals surface area (Å²) >= 11 is 0. The monoisotopic (exact) mass is 496 g/mol. The second-order valence-electron chi connectivity index (χ2n) is 10.7. The normalized spacial score (nSPS) is 13.0. The molecule has 0 radical (unpaired) electrons. The largest absolute Gasteiger partial charge is 0.497 e. The maximum Gasteiger partial charge on any atom is 0.316 e. The van der Waals surface area contributed by atoms with Crippen molar-refractivity contribution in [1.82, 2.24) is 0 Å². The Hall–Kier alpha value is -3.68. The molecule has 8 heteroatoms. The predicted molar refractivity (Wildman–Crippen MR) is 132 cm³/mol. The molecule has 0 saturated carbocycles. The van der Waals surface area contributed by atoms with Gasteiger partial charge in [0, 0.05) is 22.8 Å². The molecule has 3 rings (SSSR count). The summed E-state index contributed by atoms with van der Waals surface area (Å²) in [6.45, 7) is 13.8. The van der Waals surface area contributed by atoms with Crippen LogP contribution in [0, 0.1) is 17.8 Å². The van der Waals surface area contributed by atoms with Crippen LogP contribution in [0.2, 0.25) is 0 Å². The van der Waals surface area contributed by atoms with Crippen molar-refractivity contribution < 1.29 is 38.1 Å². The average molecular weight is 497 g/mol. The standard InChI is InChI=1S/C28H32O8/c1-10-34-24-14(2)18(35-25(31)27(3,4)5)13-17-21(24)23(30)20-16(22(17)29)11-15(33-9)12-19(20)36-26(32)28(6,7)8/h11-13H,10H2,1-9H3. The Morgan fingerprint density at radius 3 is 1.81 bits per heavy atom. The second-order valence-corrected chi connectivity index (χ2v) is 10.7. The van der Waals surface area contributed by atoms with Crippen molar-refractivity contribution in [2.45, 2.75) is 55.4 Å². The molecule has 2 aromatic rings. The summed E-state index contributed by atoms with van der Waals surface area (Å²) < 4.78 is 22.3. The van der Waals surface area contributed by atoms with E-state index in [0.29, 0.717) is 5.56 Å². The molecule has 8 nitrogen and oxygen atoms in total. The SMILES string of the molecule is CCOc1c(C)c(OC(=O)C(C)(C)C)cc2c1C(=O)c1c(OC(=O)C(C)(C)C)cc(OC)cc1C2=O. The number of fused-ring (bicyclic) bond motifs is 2. The highest BCUT2D eigenvalue weighted by atomic mass is 16.5. The van der Waals surface area contributed by atoms with Crippen LogP contribution in [-0.4, -0.2) is 37.2 Å². The highest BCUT2D eigenvalue weighted by Gasteiger charge is 2.39. The van der Waals surface area contributed by atoms with Gasteiger partial charge in [-0.3, -0.25) is 19.2 Å². The summed E-state index contributed by atoms with van der Waals surface area (Å²) in [7, 11) is 1.40. The van der Waals surface area contributed by atoms with Crippen molar-refractivity contribution in [3.05, 3.63) is 46.0 Å². The molecular formula is C28H32O8. The van der Waals surface area contributed by atoms with Gasteiger partial charge in [0.2, 0.25) is 5.78 Å². The summed E-state index contributed by atoms with van der Waals surface area (Å²) in [6, 6.07) is 4.22. The minimum atomic E-state index is -0.853. The summed E-state index contributed by atoms with van der Waals surface area (Å²) in [6.07, 6.45) is 0. The van der Waals surface area contributed by atoms with Gasteiger partial charge in [0.1, 0.15) is 23.0 Å². The number of hydrogen-bond donors (Lipinski definition) is 0. The summed E-state index contributed by atoms with van der Waals surface area (Å²) in [5.74, 6) is -1.69. The van der Waals surface area contributed by atoms with Gasteiger partial charge in [0.25, 0.3) is 0 Å². The lowest BCUT2D eigenvalue weighted by atomic mass is 9.81. The number of carbonyl (C=O) groups excluding carboxylic acids is 4. The topological polar surface area (TPSA) is 105 Å². The molecule has 1 aliphatic carbocycles. The Morgan fingerprint density at radius 1 is 0.778 bits per heavy atom. The molecule has 0 N–H and O–H groups in total. The van der Waals surface area contributed by atoms with E-state index in [4.69, 9.17) is 18.9 Å². The van der Waals surface area contributed by atoms with Crippen molar-refractivity contribution >= 4 is 23.5 Å². The van der Waals surface area contributed by atoms with Gasteiger partial charge in [0.15, 0.2) is 5.78 Å². The molecular weight excluding hydrogens is 464 g/mol. The first-order chi connectivity index (χ1) is 16.6. The minimum absolute atomic E-state index is 0.0166. The fraction of sp³-hybridized carbons (Fsp3) is 0.429. The third-order valence-electron chi connectivity index (χ3n) is 5.66. The van der Waals surface area contributed by atoms with Gasteiger partial charge in [-0.05, 0) is 67.5 Å². The van der Waals surface area contributed by atoms with E-state index in [1.165, 1.54) is 25.3 Å². The van der Waals surface area contributed by atoms with E-state index in [0.717, 1.165) is 0 Å². The molecule has 0 aromatic heterocycles. The van der Waals surface area contributed by atoms with E-state index in [1.807, 2.05) is 0 Å². The maximum atomic E-state index is 13.9. The van der Waals surface area contributed by atoms with E-state index < -0.39 is 34.3 Å². The third-order valence-corrected chi connectivity index (χ3v) is 5.66. The smallest absolute Gasteiger partial charge is 0.316 e. The van der Waals surface area contributed by atoms with Crippen LogP contribution in [0.4, 0.5) is 0 Å². The number of carbonyl (C=O) groups is 4. The molecule has 36 heavy (non-hydrogen) atoms. The number of ether oxygens (including phenoxy) is 4. The lowest BCUT2D eigenvalue weighted by Gasteiger charge is -2.26. The number of esters is 2. The second kappa shape index (κ2) is 9.41. The molecule has 0 bridgehead atoms. The van der Waals surface area contributed by atoms with E-state index >= 15 is 0 Å². The van der Waals surface area contributed by atoms with Gasteiger partial charge in [-0.1, -0.05) is 0 Å². The van der Waals surface area contributed by atoms with E-state index in [-0.39, 0.29) is 51.9 Å². The number of methoxy groups -OCH3 is 1. The van der Waals surface area contributed by atoms with Crippen LogP contribution in [0.15, 0.2) is 18.2 Å². The quantitative estimate of drug-likeness (QED) is 0.356. The first kappa shape index (κ1) is 26.9. The Bertz CT molecular complexity index is 1270. The fourth-order valence-corrected chi connectivity index (χ4v) is 3.55. The van der Waals surface area contributed by atoms with Gasteiger partial charge in [-0.2, -0.15) is 0 Å². The first-order valence-electron chi connectivity index (χ1n) is 11.7. The Balaban J connectivity index is 2.27. The molecule has 0 atom stereocenters. The molecule has 192 valence electrons. The van der Waals surface area contributed by atoms with Crippen molar-refractivity contribution in [3.63, 3.8) is 0 Å². The van der Waals surface area contributed by atoms with Gasteiger partial charge >= 0.3 is 11.9 Å². The van der Waals surface area contributed by atoms with Crippen molar-refractivity contribution in [2.75, 3.05) is 13.7 Å². The molecule has 0 fully saturated rings. The zero-order valence-corrected chi connectivity index (χ0v) is 22.2.